The van der Waals surface area contributed by atoms with E-state index in [1.165, 1.54) is 0 Å². The van der Waals surface area contributed by atoms with Gasteiger partial charge in [-0.2, -0.15) is 13.2 Å². The monoisotopic (exact) mass is 213 g/mol. The Morgan fingerprint density at radius 1 is 1.22 bits per heavy atom. The number of halogens is 3. The van der Waals surface area contributed by atoms with Crippen molar-refractivity contribution in [1.29, 1.82) is 0 Å². The predicted molar refractivity (Wildman–Crippen MR) is 15.8 cm³/mol. The summed E-state index contributed by atoms with van der Waals surface area (Å²) in [7, 11) is -6.09. The molecule has 0 bridgehead atoms. The molecule has 51 valence electrons. The molecule has 0 aromatic rings. The van der Waals surface area contributed by atoms with Gasteiger partial charge in [0, 0.05) is 0 Å². The molecule has 0 atom stereocenters. The van der Waals surface area contributed by atoms with Gasteiger partial charge in [0.2, 0.25) is 0 Å². The van der Waals surface area contributed by atoms with E-state index in [0.717, 1.165) is 0 Å². The summed E-state index contributed by atoms with van der Waals surface area (Å²) in [6.07, 6.45) is 0. The minimum absolute atomic E-state index is 0. The van der Waals surface area contributed by atoms with Gasteiger partial charge in [-0.1, -0.05) is 0 Å². The fourth-order valence-electron chi connectivity index (χ4n) is 0. The van der Waals surface area contributed by atoms with Crippen molar-refractivity contribution in [3.63, 3.8) is 0 Å². The molecule has 0 spiro atoms. The Hall–Kier alpha value is 0.323. The summed E-state index contributed by atoms with van der Waals surface area (Å²) in [5.74, 6) is 0. The number of alkyl halides is 3. The average molecular weight is 214 g/mol. The van der Waals surface area contributed by atoms with E-state index in [2.05, 4.69) is 0 Å². The van der Waals surface area contributed by atoms with Gasteiger partial charge in [0.1, 0.15) is 0 Å². The van der Waals surface area contributed by atoms with Gasteiger partial charge in [0.15, 0.2) is 10.1 Å². The summed E-state index contributed by atoms with van der Waals surface area (Å²) in [6, 6.07) is 0. The van der Waals surface area contributed by atoms with Gasteiger partial charge in [-0.3, -0.25) is 0 Å². The largest absolute Gasteiger partial charge is 1.00 e. The Bertz CT molecular complexity index is 168. The van der Waals surface area contributed by atoms with Crippen LogP contribution in [-0.4, -0.2) is 18.5 Å². The molecule has 0 fully saturated rings. The third-order valence-electron chi connectivity index (χ3n) is 0.283. The number of hydrogen-bond acceptors (Lipinski definition) is 3. The molecule has 0 aliphatic carbocycles. The van der Waals surface area contributed by atoms with E-state index in [4.69, 9.17) is 13.0 Å². The first-order valence-electron chi connectivity index (χ1n) is 1.27. The molecule has 0 unspecified atom stereocenters. The number of hydrogen-bond donors (Lipinski definition) is 0. The summed E-state index contributed by atoms with van der Waals surface area (Å²) < 4.78 is 58.9. The predicted octanol–water partition coefficient (Wildman–Crippen LogP) is 0.0489. The minimum Gasteiger partial charge on any atom is -0.741 e. The molecule has 0 rings (SSSR count). The van der Waals surface area contributed by atoms with Crippen LogP contribution in [0.1, 0.15) is 0 Å². The molecule has 1 radical (unpaired) electrons. The molecule has 0 saturated heterocycles. The molecule has 0 saturated carbocycles. The van der Waals surface area contributed by atoms with Crippen LogP contribution in [0.25, 0.3) is 0 Å². The molecular formula is CF3O3SZn. The zero-order chi connectivity index (χ0) is 7.00. The van der Waals surface area contributed by atoms with Gasteiger partial charge in [-0.05, 0) is 0 Å². The topological polar surface area (TPSA) is 57.2 Å². The maximum atomic E-state index is 10.7. The first kappa shape index (κ1) is 12.0. The zero-order valence-electron chi connectivity index (χ0n) is 3.97. The maximum Gasteiger partial charge on any atom is 1.00 e. The smallest absolute Gasteiger partial charge is 0.741 e. The Morgan fingerprint density at radius 3 is 1.33 bits per heavy atom. The molecule has 9 heavy (non-hydrogen) atoms. The molecule has 0 aromatic heterocycles. The normalized spacial score (nSPS) is 12.4. The molecule has 0 aromatic carbocycles. The van der Waals surface area contributed by atoms with Crippen LogP contribution in [0.2, 0.25) is 0 Å². The molecular weight excluding hydrogens is 214 g/mol. The second-order valence-corrected chi connectivity index (χ2v) is 2.27. The first-order chi connectivity index (χ1) is 3.25. The standard InChI is InChI=1S/CHF3O3S.Zn/c2-1(3,4)8(5,6)7;/h(H,5,6,7);/q;+1/p-1. The second-order valence-electron chi connectivity index (χ2n) is 0.900. The Morgan fingerprint density at radius 2 is 1.33 bits per heavy atom. The summed E-state index contributed by atoms with van der Waals surface area (Å²) in [6.45, 7) is 0. The van der Waals surface area contributed by atoms with Gasteiger partial charge in [0.25, 0.3) is 0 Å². The van der Waals surface area contributed by atoms with Crippen molar-refractivity contribution in [3.05, 3.63) is 0 Å². The fraction of sp³-hybridized carbons (Fsp3) is 1.00. The van der Waals surface area contributed by atoms with Crippen LogP contribution in [0.4, 0.5) is 13.2 Å². The SMILES string of the molecule is O=S(=O)([O-])C(F)(F)F.[Zn+]. The van der Waals surface area contributed by atoms with Crippen molar-refractivity contribution in [2.45, 2.75) is 5.51 Å². The van der Waals surface area contributed by atoms with Crippen LogP contribution >= 0.6 is 0 Å². The number of rotatable bonds is 0. The van der Waals surface area contributed by atoms with Crippen molar-refractivity contribution in [1.82, 2.24) is 0 Å². The van der Waals surface area contributed by atoms with Gasteiger partial charge in [0.05, 0.1) is 0 Å². The van der Waals surface area contributed by atoms with Gasteiger partial charge < -0.3 is 4.55 Å². The Balaban J connectivity index is 0. The fourth-order valence-corrected chi connectivity index (χ4v) is 0. The first-order valence-corrected chi connectivity index (χ1v) is 2.68. The van der Waals surface area contributed by atoms with E-state index in [1.54, 1.807) is 0 Å². The van der Waals surface area contributed by atoms with Crippen LogP contribution < -0.4 is 0 Å². The van der Waals surface area contributed by atoms with Crippen LogP contribution in [0.3, 0.4) is 0 Å². The van der Waals surface area contributed by atoms with Crippen molar-refractivity contribution in [2.75, 3.05) is 0 Å². The molecule has 8 heteroatoms. The van der Waals surface area contributed by atoms with Crippen molar-refractivity contribution in [3.8, 4) is 0 Å². The van der Waals surface area contributed by atoms with E-state index in [0.29, 0.717) is 0 Å². The third-order valence-corrected chi connectivity index (χ3v) is 0.850. The van der Waals surface area contributed by atoms with Crippen LogP contribution in [-0.2, 0) is 29.6 Å². The van der Waals surface area contributed by atoms with E-state index < -0.39 is 15.6 Å². The van der Waals surface area contributed by atoms with Gasteiger partial charge >= 0.3 is 25.0 Å². The van der Waals surface area contributed by atoms with Gasteiger partial charge in [-0.25, -0.2) is 8.42 Å². The second kappa shape index (κ2) is 2.94. The Labute approximate surface area is 61.7 Å². The molecule has 0 heterocycles. The molecule has 0 amide bonds. The van der Waals surface area contributed by atoms with Crippen molar-refractivity contribution >= 4 is 10.1 Å². The summed E-state index contributed by atoms with van der Waals surface area (Å²) in [5, 5.41) is 0. The van der Waals surface area contributed by atoms with E-state index in [1.807, 2.05) is 0 Å². The molecule has 3 nitrogen and oxygen atoms in total. The molecule has 0 aliphatic heterocycles. The maximum absolute atomic E-state index is 10.7. The Kier molecular flexibility index (Phi) is 3.93. The quantitative estimate of drug-likeness (QED) is 0.325. The summed E-state index contributed by atoms with van der Waals surface area (Å²) >= 11 is 0. The van der Waals surface area contributed by atoms with Crippen LogP contribution in [0.5, 0.6) is 0 Å². The van der Waals surface area contributed by atoms with E-state index in [9.17, 15) is 13.2 Å². The average Bonchev–Trinajstić information content (AvgIpc) is 1.25. The molecule has 0 aliphatic rings. The van der Waals surface area contributed by atoms with Crippen LogP contribution in [0.15, 0.2) is 0 Å². The zero-order valence-corrected chi connectivity index (χ0v) is 7.76. The molecule has 0 N–H and O–H groups in total. The summed E-state index contributed by atoms with van der Waals surface area (Å²) in [5.41, 5.74) is -5.65. The van der Waals surface area contributed by atoms with E-state index >= 15 is 0 Å². The van der Waals surface area contributed by atoms with Crippen molar-refractivity contribution in [2.24, 2.45) is 0 Å². The van der Waals surface area contributed by atoms with E-state index in [-0.39, 0.29) is 19.5 Å². The summed E-state index contributed by atoms with van der Waals surface area (Å²) in [4.78, 5) is 0. The third kappa shape index (κ3) is 3.83. The van der Waals surface area contributed by atoms with Crippen molar-refractivity contribution < 1.29 is 45.6 Å². The van der Waals surface area contributed by atoms with Crippen LogP contribution in [0, 0.1) is 0 Å². The minimum atomic E-state index is -6.09. The van der Waals surface area contributed by atoms with Gasteiger partial charge in [-0.15, -0.1) is 0 Å².